The summed E-state index contributed by atoms with van der Waals surface area (Å²) in [6, 6.07) is 15.3. The van der Waals surface area contributed by atoms with E-state index in [1.807, 2.05) is 12.3 Å². The van der Waals surface area contributed by atoms with Crippen molar-refractivity contribution in [3.05, 3.63) is 88.6 Å². The lowest BCUT2D eigenvalue weighted by Gasteiger charge is -2.36. The lowest BCUT2D eigenvalue weighted by Crippen LogP contribution is -2.46. The standard InChI is InChI=1S/C30H33BrN4O/c31-26-9-11-27(12-10-26)35-16-14-33(15-17-35)20-24-18-25-21-34(19-23-6-3-1-2-4-7-23)22-36-30(25)29-28(24)8-5-13-32-29/h1-3,5-6,8-13,18,23H,4,7,14-17,19-22H2. The van der Waals surface area contributed by atoms with Crippen molar-refractivity contribution in [1.82, 2.24) is 14.8 Å². The van der Waals surface area contributed by atoms with Crippen LogP contribution in [-0.2, 0) is 13.1 Å². The number of benzene rings is 2. The minimum Gasteiger partial charge on any atom is -0.475 e. The number of hydrogen-bond acceptors (Lipinski definition) is 5. The van der Waals surface area contributed by atoms with Gasteiger partial charge in [-0.1, -0.05) is 46.3 Å². The van der Waals surface area contributed by atoms with E-state index in [4.69, 9.17) is 9.72 Å². The van der Waals surface area contributed by atoms with Crippen molar-refractivity contribution in [2.45, 2.75) is 25.9 Å². The Balaban J connectivity index is 1.17. The van der Waals surface area contributed by atoms with Crippen molar-refractivity contribution in [3.63, 3.8) is 0 Å². The van der Waals surface area contributed by atoms with Gasteiger partial charge in [-0.25, -0.2) is 0 Å². The third kappa shape index (κ3) is 5.22. The topological polar surface area (TPSA) is 31.8 Å². The molecule has 0 amide bonds. The van der Waals surface area contributed by atoms with Gasteiger partial charge in [-0.3, -0.25) is 14.8 Å². The fraction of sp³-hybridized carbons (Fsp3) is 0.367. The van der Waals surface area contributed by atoms with Crippen molar-refractivity contribution in [1.29, 1.82) is 0 Å². The first-order valence-electron chi connectivity index (χ1n) is 13.0. The van der Waals surface area contributed by atoms with E-state index in [1.54, 1.807) is 0 Å². The SMILES string of the molecule is Brc1ccc(N2CCN(Cc3cc4c(c5ncccc35)OCN(CC3C=CC=CCC3)C4)CC2)cc1. The second-order valence-electron chi connectivity index (χ2n) is 10.1. The minimum absolute atomic E-state index is 0.574. The number of halogens is 1. The van der Waals surface area contributed by atoms with Gasteiger partial charge >= 0.3 is 0 Å². The maximum absolute atomic E-state index is 6.34. The van der Waals surface area contributed by atoms with Gasteiger partial charge in [0.05, 0.1) is 0 Å². The molecule has 0 spiro atoms. The Kier molecular flexibility index (Phi) is 7.08. The fourth-order valence-corrected chi connectivity index (χ4v) is 5.93. The molecule has 0 saturated carbocycles. The molecular weight excluding hydrogens is 512 g/mol. The monoisotopic (exact) mass is 544 g/mol. The minimum atomic E-state index is 0.574. The zero-order valence-electron chi connectivity index (χ0n) is 20.7. The molecule has 36 heavy (non-hydrogen) atoms. The van der Waals surface area contributed by atoms with Gasteiger partial charge in [-0.2, -0.15) is 0 Å². The first-order valence-corrected chi connectivity index (χ1v) is 13.8. The van der Waals surface area contributed by atoms with Crippen LogP contribution in [0.3, 0.4) is 0 Å². The van der Waals surface area contributed by atoms with Crippen LogP contribution in [0.15, 0.2) is 77.4 Å². The van der Waals surface area contributed by atoms with E-state index in [2.05, 4.69) is 91.3 Å². The maximum atomic E-state index is 6.34. The largest absolute Gasteiger partial charge is 0.475 e. The smallest absolute Gasteiger partial charge is 0.152 e. The molecule has 0 N–H and O–H groups in total. The molecule has 6 rings (SSSR count). The number of rotatable bonds is 5. The summed E-state index contributed by atoms with van der Waals surface area (Å²) >= 11 is 3.54. The van der Waals surface area contributed by atoms with Gasteiger partial charge in [0, 0.05) is 73.1 Å². The number of hydrogen-bond donors (Lipinski definition) is 0. The predicted octanol–water partition coefficient (Wildman–Crippen LogP) is 5.99. The Labute approximate surface area is 222 Å². The second kappa shape index (κ2) is 10.8. The third-order valence-electron chi connectivity index (χ3n) is 7.58. The maximum Gasteiger partial charge on any atom is 0.152 e. The van der Waals surface area contributed by atoms with Gasteiger partial charge < -0.3 is 9.64 Å². The molecule has 0 radical (unpaired) electrons. The van der Waals surface area contributed by atoms with Gasteiger partial charge in [0.15, 0.2) is 5.75 Å². The normalized spacial score (nSPS) is 20.8. The van der Waals surface area contributed by atoms with Crippen LogP contribution in [0.4, 0.5) is 5.69 Å². The lowest BCUT2D eigenvalue weighted by atomic mass is 9.99. The summed E-state index contributed by atoms with van der Waals surface area (Å²) < 4.78 is 7.47. The van der Waals surface area contributed by atoms with E-state index in [9.17, 15) is 0 Å². The van der Waals surface area contributed by atoms with Gasteiger partial charge in [0.2, 0.25) is 0 Å². The average molecular weight is 546 g/mol. The summed E-state index contributed by atoms with van der Waals surface area (Å²) in [6.07, 6.45) is 13.2. The highest BCUT2D eigenvalue weighted by Gasteiger charge is 2.25. The molecule has 1 fully saturated rings. The number of fused-ring (bicyclic) bond motifs is 3. The van der Waals surface area contributed by atoms with Crippen molar-refractivity contribution in [2.75, 3.05) is 44.4 Å². The number of piperazine rings is 1. The van der Waals surface area contributed by atoms with Crippen LogP contribution in [0.5, 0.6) is 5.75 Å². The van der Waals surface area contributed by atoms with Crippen molar-refractivity contribution >= 4 is 32.5 Å². The predicted molar refractivity (Wildman–Crippen MR) is 150 cm³/mol. The highest BCUT2D eigenvalue weighted by molar-refractivity contribution is 9.10. The number of nitrogens with zero attached hydrogens (tertiary/aromatic N) is 4. The molecule has 1 aromatic heterocycles. The van der Waals surface area contributed by atoms with Gasteiger partial charge in [0.1, 0.15) is 12.2 Å². The Morgan fingerprint density at radius 2 is 1.86 bits per heavy atom. The van der Waals surface area contributed by atoms with E-state index >= 15 is 0 Å². The molecule has 1 saturated heterocycles. The summed E-state index contributed by atoms with van der Waals surface area (Å²) in [6.45, 7) is 7.73. The van der Waals surface area contributed by atoms with E-state index in [0.717, 1.165) is 68.0 Å². The van der Waals surface area contributed by atoms with Crippen LogP contribution in [0.25, 0.3) is 10.9 Å². The van der Waals surface area contributed by atoms with Crippen LogP contribution in [0.1, 0.15) is 24.0 Å². The molecule has 2 aliphatic heterocycles. The van der Waals surface area contributed by atoms with E-state index in [-0.39, 0.29) is 0 Å². The first-order chi connectivity index (χ1) is 17.7. The second-order valence-corrected chi connectivity index (χ2v) is 11.0. The Hall–Kier alpha value is -2.67. The molecule has 3 aromatic rings. The van der Waals surface area contributed by atoms with Crippen LogP contribution in [0, 0.1) is 5.92 Å². The number of aromatic nitrogens is 1. The fourth-order valence-electron chi connectivity index (χ4n) is 5.66. The Morgan fingerprint density at radius 3 is 2.72 bits per heavy atom. The molecular formula is C30H33BrN4O. The Morgan fingerprint density at radius 1 is 1.00 bits per heavy atom. The molecule has 2 aromatic carbocycles. The van der Waals surface area contributed by atoms with Crippen LogP contribution >= 0.6 is 15.9 Å². The molecule has 3 aliphatic rings. The number of pyridine rings is 1. The summed E-state index contributed by atoms with van der Waals surface area (Å²) in [5.74, 6) is 1.55. The van der Waals surface area contributed by atoms with Crippen molar-refractivity contribution in [3.8, 4) is 5.75 Å². The molecule has 5 nitrogen and oxygen atoms in total. The lowest BCUT2D eigenvalue weighted by molar-refractivity contribution is 0.0861. The quantitative estimate of drug-likeness (QED) is 0.393. The molecule has 186 valence electrons. The van der Waals surface area contributed by atoms with E-state index in [0.29, 0.717) is 12.6 Å². The molecule has 1 atom stereocenters. The van der Waals surface area contributed by atoms with Crippen molar-refractivity contribution in [2.24, 2.45) is 5.92 Å². The van der Waals surface area contributed by atoms with Crippen LogP contribution in [-0.4, -0.2) is 54.2 Å². The number of allylic oxidation sites excluding steroid dienone is 3. The average Bonchev–Trinajstić information content (AvgIpc) is 3.18. The Bertz CT molecular complexity index is 1260. The molecule has 3 heterocycles. The van der Waals surface area contributed by atoms with E-state index < -0.39 is 0 Å². The zero-order chi connectivity index (χ0) is 24.3. The van der Waals surface area contributed by atoms with Crippen LogP contribution in [0.2, 0.25) is 0 Å². The molecule has 0 bridgehead atoms. The van der Waals surface area contributed by atoms with Gasteiger partial charge in [-0.05, 0) is 60.7 Å². The highest BCUT2D eigenvalue weighted by Crippen LogP contribution is 2.36. The summed E-state index contributed by atoms with van der Waals surface area (Å²) in [5, 5.41) is 1.22. The summed E-state index contributed by atoms with van der Waals surface area (Å²) in [7, 11) is 0. The highest BCUT2D eigenvalue weighted by atomic mass is 79.9. The number of ether oxygens (including phenoxy) is 1. The third-order valence-corrected chi connectivity index (χ3v) is 8.11. The van der Waals surface area contributed by atoms with E-state index in [1.165, 1.54) is 28.6 Å². The van der Waals surface area contributed by atoms with Gasteiger partial charge in [-0.15, -0.1) is 0 Å². The zero-order valence-corrected chi connectivity index (χ0v) is 22.2. The first kappa shape index (κ1) is 23.7. The van der Waals surface area contributed by atoms with Crippen LogP contribution < -0.4 is 9.64 Å². The number of anilines is 1. The van der Waals surface area contributed by atoms with Crippen molar-refractivity contribution < 1.29 is 4.74 Å². The van der Waals surface area contributed by atoms with Gasteiger partial charge in [0.25, 0.3) is 0 Å². The molecule has 1 aliphatic carbocycles. The molecule has 6 heteroatoms. The summed E-state index contributed by atoms with van der Waals surface area (Å²) in [5.41, 5.74) is 4.94. The summed E-state index contributed by atoms with van der Waals surface area (Å²) in [4.78, 5) is 12.3. The molecule has 1 unspecified atom stereocenters.